The summed E-state index contributed by atoms with van der Waals surface area (Å²) in [4.78, 5) is 29.9. The second kappa shape index (κ2) is 8.50. The highest BCUT2D eigenvalue weighted by Gasteiger charge is 2.23. The zero-order valence-electron chi connectivity index (χ0n) is 15.6. The fourth-order valence-corrected chi connectivity index (χ4v) is 4.10. The van der Waals surface area contributed by atoms with Gasteiger partial charge < -0.3 is 4.90 Å². The van der Waals surface area contributed by atoms with Gasteiger partial charge in [0.2, 0.25) is 0 Å². The molecule has 0 unspecified atom stereocenters. The molecule has 1 amide bonds. The fraction of sp³-hybridized carbons (Fsp3) is 0.217. The summed E-state index contributed by atoms with van der Waals surface area (Å²) < 4.78 is 0. The third kappa shape index (κ3) is 4.21. The Bertz CT molecular complexity index is 929. The van der Waals surface area contributed by atoms with Gasteiger partial charge in [-0.25, -0.2) is 0 Å². The SMILES string of the molecule is O=C(CN1CCN(C(=O)c2ccc(-c3ccccc3)cc2)CC1)c1cccs1. The summed E-state index contributed by atoms with van der Waals surface area (Å²) in [6.45, 7) is 3.18. The van der Waals surface area contributed by atoms with Gasteiger partial charge in [-0.05, 0) is 34.7 Å². The third-order valence-electron chi connectivity index (χ3n) is 5.06. The molecule has 0 atom stereocenters. The lowest BCUT2D eigenvalue weighted by Gasteiger charge is -2.34. The van der Waals surface area contributed by atoms with E-state index >= 15 is 0 Å². The summed E-state index contributed by atoms with van der Waals surface area (Å²) in [5, 5.41) is 1.92. The number of carbonyl (C=O) groups excluding carboxylic acids is 2. The van der Waals surface area contributed by atoms with E-state index in [1.165, 1.54) is 11.3 Å². The molecule has 1 saturated heterocycles. The molecule has 28 heavy (non-hydrogen) atoms. The van der Waals surface area contributed by atoms with Crippen LogP contribution in [0.15, 0.2) is 72.1 Å². The molecule has 4 nitrogen and oxygen atoms in total. The average molecular weight is 391 g/mol. The van der Waals surface area contributed by atoms with Gasteiger partial charge in [0.15, 0.2) is 5.78 Å². The van der Waals surface area contributed by atoms with Crippen LogP contribution in [-0.4, -0.2) is 54.2 Å². The van der Waals surface area contributed by atoms with E-state index < -0.39 is 0 Å². The van der Waals surface area contributed by atoms with Crippen molar-refractivity contribution in [1.29, 1.82) is 0 Å². The van der Waals surface area contributed by atoms with Crippen molar-refractivity contribution in [3.8, 4) is 11.1 Å². The molecule has 0 N–H and O–H groups in total. The van der Waals surface area contributed by atoms with Gasteiger partial charge in [-0.1, -0.05) is 48.5 Å². The third-order valence-corrected chi connectivity index (χ3v) is 5.97. The maximum atomic E-state index is 12.8. The Hall–Kier alpha value is -2.76. The first-order chi connectivity index (χ1) is 13.7. The molecule has 1 aliphatic heterocycles. The molecule has 0 saturated carbocycles. The van der Waals surface area contributed by atoms with Gasteiger partial charge in [0, 0.05) is 31.7 Å². The zero-order valence-corrected chi connectivity index (χ0v) is 16.4. The van der Waals surface area contributed by atoms with Crippen LogP contribution in [0.25, 0.3) is 11.1 Å². The van der Waals surface area contributed by atoms with Gasteiger partial charge in [-0.15, -0.1) is 11.3 Å². The summed E-state index contributed by atoms with van der Waals surface area (Å²) in [6, 6.07) is 21.7. The minimum absolute atomic E-state index is 0.0591. The van der Waals surface area contributed by atoms with Crippen molar-refractivity contribution < 1.29 is 9.59 Å². The number of Topliss-reactive ketones (excluding diaryl/α,β-unsaturated/α-hetero) is 1. The van der Waals surface area contributed by atoms with E-state index in [1.54, 1.807) is 0 Å². The van der Waals surface area contributed by atoms with Crippen molar-refractivity contribution in [1.82, 2.24) is 9.80 Å². The highest BCUT2D eigenvalue weighted by molar-refractivity contribution is 7.12. The number of nitrogens with zero attached hydrogens (tertiary/aromatic N) is 2. The van der Waals surface area contributed by atoms with E-state index in [1.807, 2.05) is 64.9 Å². The van der Waals surface area contributed by atoms with Crippen LogP contribution in [0.5, 0.6) is 0 Å². The minimum Gasteiger partial charge on any atom is -0.336 e. The van der Waals surface area contributed by atoms with E-state index in [0.29, 0.717) is 25.2 Å². The van der Waals surface area contributed by atoms with Crippen molar-refractivity contribution in [3.63, 3.8) is 0 Å². The van der Waals surface area contributed by atoms with E-state index in [2.05, 4.69) is 17.0 Å². The van der Waals surface area contributed by atoms with Crippen LogP contribution in [0.1, 0.15) is 20.0 Å². The average Bonchev–Trinajstić information content (AvgIpc) is 3.30. The van der Waals surface area contributed by atoms with E-state index in [-0.39, 0.29) is 11.7 Å². The van der Waals surface area contributed by atoms with E-state index in [0.717, 1.165) is 29.1 Å². The summed E-state index contributed by atoms with van der Waals surface area (Å²) in [7, 11) is 0. The molecule has 3 aromatic rings. The summed E-state index contributed by atoms with van der Waals surface area (Å²) in [6.07, 6.45) is 0. The first kappa shape index (κ1) is 18.6. The van der Waals surface area contributed by atoms with Crippen LogP contribution in [0.2, 0.25) is 0 Å². The highest BCUT2D eigenvalue weighted by atomic mass is 32.1. The van der Waals surface area contributed by atoms with Crippen molar-refractivity contribution in [3.05, 3.63) is 82.6 Å². The number of benzene rings is 2. The molecule has 1 fully saturated rings. The van der Waals surface area contributed by atoms with Gasteiger partial charge >= 0.3 is 0 Å². The predicted molar refractivity (Wildman–Crippen MR) is 113 cm³/mol. The molecule has 2 aromatic carbocycles. The first-order valence-corrected chi connectivity index (χ1v) is 10.3. The molecule has 1 aliphatic rings. The van der Waals surface area contributed by atoms with Crippen molar-refractivity contribution in [2.75, 3.05) is 32.7 Å². The molecule has 0 spiro atoms. The van der Waals surface area contributed by atoms with Crippen LogP contribution >= 0.6 is 11.3 Å². The lowest BCUT2D eigenvalue weighted by atomic mass is 10.0. The molecule has 0 bridgehead atoms. The van der Waals surface area contributed by atoms with Gasteiger partial charge in [0.25, 0.3) is 5.91 Å². The van der Waals surface area contributed by atoms with Gasteiger partial charge in [-0.2, -0.15) is 0 Å². The van der Waals surface area contributed by atoms with Crippen molar-refractivity contribution in [2.45, 2.75) is 0 Å². The maximum absolute atomic E-state index is 12.8. The number of ketones is 1. The quantitative estimate of drug-likeness (QED) is 0.617. The Morgan fingerprint density at radius 1 is 0.786 bits per heavy atom. The van der Waals surface area contributed by atoms with Crippen molar-refractivity contribution >= 4 is 23.0 Å². The first-order valence-electron chi connectivity index (χ1n) is 9.44. The van der Waals surface area contributed by atoms with Crippen LogP contribution in [0.3, 0.4) is 0 Å². The standard InChI is InChI=1S/C23H22N2O2S/c26-21(22-7-4-16-28-22)17-24-12-14-25(15-13-24)23(27)20-10-8-19(9-11-20)18-5-2-1-3-6-18/h1-11,16H,12-15,17H2. The fourth-order valence-electron chi connectivity index (χ4n) is 3.45. The minimum atomic E-state index is 0.0591. The normalized spacial score (nSPS) is 14.8. The summed E-state index contributed by atoms with van der Waals surface area (Å²) >= 11 is 1.48. The number of rotatable bonds is 5. The molecule has 2 heterocycles. The molecule has 1 aromatic heterocycles. The largest absolute Gasteiger partial charge is 0.336 e. The van der Waals surface area contributed by atoms with Crippen LogP contribution in [0.4, 0.5) is 0 Å². The second-order valence-corrected chi connectivity index (χ2v) is 7.86. The van der Waals surface area contributed by atoms with Gasteiger partial charge in [-0.3, -0.25) is 14.5 Å². The Kier molecular flexibility index (Phi) is 5.65. The number of amides is 1. The number of piperazine rings is 1. The summed E-state index contributed by atoms with van der Waals surface area (Å²) in [5.74, 6) is 0.218. The molecule has 5 heteroatoms. The van der Waals surface area contributed by atoms with Gasteiger partial charge in [0.05, 0.1) is 11.4 Å². The van der Waals surface area contributed by atoms with E-state index in [9.17, 15) is 9.59 Å². The lowest BCUT2D eigenvalue weighted by molar-refractivity contribution is 0.0625. The predicted octanol–water partition coefficient (Wildman–Crippen LogP) is 4.06. The molecular weight excluding hydrogens is 368 g/mol. The Balaban J connectivity index is 1.33. The van der Waals surface area contributed by atoms with Crippen LogP contribution in [-0.2, 0) is 0 Å². The zero-order chi connectivity index (χ0) is 19.3. The Morgan fingerprint density at radius 2 is 1.46 bits per heavy atom. The van der Waals surface area contributed by atoms with Crippen LogP contribution < -0.4 is 0 Å². The molecule has 142 valence electrons. The van der Waals surface area contributed by atoms with Crippen molar-refractivity contribution in [2.24, 2.45) is 0 Å². The number of carbonyl (C=O) groups is 2. The number of hydrogen-bond donors (Lipinski definition) is 0. The smallest absolute Gasteiger partial charge is 0.253 e. The van der Waals surface area contributed by atoms with Crippen LogP contribution in [0, 0.1) is 0 Å². The van der Waals surface area contributed by atoms with Gasteiger partial charge in [0.1, 0.15) is 0 Å². The molecular formula is C23H22N2O2S. The Morgan fingerprint density at radius 3 is 2.11 bits per heavy atom. The molecule has 0 aliphatic carbocycles. The number of hydrogen-bond acceptors (Lipinski definition) is 4. The monoisotopic (exact) mass is 390 g/mol. The second-order valence-electron chi connectivity index (χ2n) is 6.91. The summed E-state index contributed by atoms with van der Waals surface area (Å²) in [5.41, 5.74) is 2.96. The van der Waals surface area contributed by atoms with E-state index in [4.69, 9.17) is 0 Å². The topological polar surface area (TPSA) is 40.6 Å². The Labute approximate surface area is 169 Å². The maximum Gasteiger partial charge on any atom is 0.253 e. The number of thiophene rings is 1. The highest BCUT2D eigenvalue weighted by Crippen LogP contribution is 2.20. The molecule has 0 radical (unpaired) electrons. The molecule has 4 rings (SSSR count). The lowest BCUT2D eigenvalue weighted by Crippen LogP contribution is -2.49.